The zero-order valence-corrected chi connectivity index (χ0v) is 19.9. The van der Waals surface area contributed by atoms with Crippen molar-refractivity contribution in [3.8, 4) is 11.8 Å². The molecule has 2 amide bonds. The Kier molecular flexibility index (Phi) is 8.29. The van der Waals surface area contributed by atoms with Crippen LogP contribution in [-0.2, 0) is 9.59 Å². The van der Waals surface area contributed by atoms with E-state index in [-0.39, 0.29) is 42.3 Å². The van der Waals surface area contributed by atoms with Gasteiger partial charge < -0.3 is 26.1 Å². The van der Waals surface area contributed by atoms with E-state index in [2.05, 4.69) is 15.6 Å². The number of aromatic nitrogens is 1. The molecule has 4 atom stereocenters. The van der Waals surface area contributed by atoms with Crippen LogP contribution < -0.4 is 21.1 Å². The number of fused-ring (bicyclic) bond motifs is 1. The number of Topliss-reactive ketones (excluding diaryl/α,β-unsaturated/α-hetero) is 1. The maximum Gasteiger partial charge on any atom is 0.223 e. The Balaban J connectivity index is 1.75. The third kappa shape index (κ3) is 5.94. The number of nitriles is 1. The van der Waals surface area contributed by atoms with Crippen molar-refractivity contribution in [2.24, 2.45) is 23.5 Å². The number of H-pyrrole nitrogens is 1. The van der Waals surface area contributed by atoms with Crippen LogP contribution in [0.2, 0.25) is 0 Å². The van der Waals surface area contributed by atoms with Crippen LogP contribution in [0.25, 0.3) is 10.9 Å². The van der Waals surface area contributed by atoms with Gasteiger partial charge in [0.15, 0.2) is 5.78 Å². The Morgan fingerprint density at radius 3 is 2.74 bits per heavy atom. The first-order valence-electron chi connectivity index (χ1n) is 11.7. The van der Waals surface area contributed by atoms with Crippen molar-refractivity contribution in [3.63, 3.8) is 0 Å². The molecular weight excluding hydrogens is 434 g/mol. The lowest BCUT2D eigenvalue weighted by Crippen LogP contribution is -2.50. The molecule has 0 saturated carbocycles. The molecule has 2 aromatic rings. The van der Waals surface area contributed by atoms with Gasteiger partial charge in [-0.3, -0.25) is 14.4 Å². The minimum absolute atomic E-state index is 0.0115. The fourth-order valence-electron chi connectivity index (χ4n) is 4.50. The minimum atomic E-state index is -0.950. The number of aromatic amines is 1. The molecular formula is C25H33N5O4. The predicted molar refractivity (Wildman–Crippen MR) is 128 cm³/mol. The lowest BCUT2D eigenvalue weighted by molar-refractivity contribution is -0.127. The lowest BCUT2D eigenvalue weighted by atomic mass is 9.89. The van der Waals surface area contributed by atoms with E-state index in [1.807, 2.05) is 38.1 Å². The molecule has 1 fully saturated rings. The van der Waals surface area contributed by atoms with Crippen molar-refractivity contribution >= 4 is 28.5 Å². The van der Waals surface area contributed by atoms with Gasteiger partial charge in [0.25, 0.3) is 0 Å². The second kappa shape index (κ2) is 11.2. The van der Waals surface area contributed by atoms with Crippen molar-refractivity contribution in [3.05, 3.63) is 30.0 Å². The maximum atomic E-state index is 13.2. The molecule has 1 aromatic heterocycles. The zero-order chi connectivity index (χ0) is 24.8. The fourth-order valence-corrected chi connectivity index (χ4v) is 4.50. The van der Waals surface area contributed by atoms with Crippen molar-refractivity contribution in [2.45, 2.75) is 51.6 Å². The molecule has 5 N–H and O–H groups in total. The van der Waals surface area contributed by atoms with Gasteiger partial charge in [0.05, 0.1) is 24.9 Å². The molecule has 0 aliphatic carbocycles. The maximum absolute atomic E-state index is 13.2. The Morgan fingerprint density at radius 1 is 1.35 bits per heavy atom. The van der Waals surface area contributed by atoms with Gasteiger partial charge in [-0.25, -0.2) is 0 Å². The summed E-state index contributed by atoms with van der Waals surface area (Å²) in [6.07, 6.45) is 1.44. The summed E-state index contributed by atoms with van der Waals surface area (Å²) in [5.41, 5.74) is 7.15. The van der Waals surface area contributed by atoms with Gasteiger partial charge in [-0.1, -0.05) is 19.9 Å². The highest BCUT2D eigenvalue weighted by Crippen LogP contribution is 2.28. The number of ether oxygens (including phenoxy) is 1. The van der Waals surface area contributed by atoms with E-state index in [1.54, 1.807) is 13.2 Å². The van der Waals surface area contributed by atoms with Crippen LogP contribution in [0.5, 0.6) is 5.75 Å². The number of carbonyl (C=O) groups is 3. The third-order valence-electron chi connectivity index (χ3n) is 6.31. The summed E-state index contributed by atoms with van der Waals surface area (Å²) in [7, 11) is 1.57. The quantitative estimate of drug-likeness (QED) is 0.372. The van der Waals surface area contributed by atoms with Crippen molar-refractivity contribution < 1.29 is 19.1 Å². The van der Waals surface area contributed by atoms with Crippen molar-refractivity contribution in [1.29, 1.82) is 5.26 Å². The molecule has 0 radical (unpaired) electrons. The molecule has 1 aromatic carbocycles. The average molecular weight is 468 g/mol. The van der Waals surface area contributed by atoms with Crippen LogP contribution in [-0.4, -0.2) is 48.3 Å². The second-order valence-corrected chi connectivity index (χ2v) is 9.34. The average Bonchev–Trinajstić information content (AvgIpc) is 3.43. The summed E-state index contributed by atoms with van der Waals surface area (Å²) in [5, 5.41) is 15.8. The van der Waals surface area contributed by atoms with Gasteiger partial charge in [0, 0.05) is 35.7 Å². The molecule has 9 heteroatoms. The first-order chi connectivity index (χ1) is 16.2. The number of ketones is 1. The SMILES string of the molecule is COc1cccc2[nH]c(C(=O)CC(CC(C)C)C(=O)NC(CC3CCNC3=O)C(N)C#N)cc12. The van der Waals surface area contributed by atoms with E-state index in [0.29, 0.717) is 30.8 Å². The molecule has 0 spiro atoms. The number of hydrogen-bond acceptors (Lipinski definition) is 6. The minimum Gasteiger partial charge on any atom is -0.496 e. The first kappa shape index (κ1) is 25.2. The molecule has 9 nitrogen and oxygen atoms in total. The van der Waals surface area contributed by atoms with E-state index in [0.717, 1.165) is 10.9 Å². The summed E-state index contributed by atoms with van der Waals surface area (Å²) in [5.74, 6) is -0.654. The molecule has 1 saturated heterocycles. The van der Waals surface area contributed by atoms with E-state index >= 15 is 0 Å². The van der Waals surface area contributed by atoms with Gasteiger partial charge in [0.1, 0.15) is 11.8 Å². The third-order valence-corrected chi connectivity index (χ3v) is 6.31. The number of nitrogens with one attached hydrogen (secondary N) is 3. The summed E-state index contributed by atoms with van der Waals surface area (Å²) < 4.78 is 5.37. The lowest BCUT2D eigenvalue weighted by Gasteiger charge is -2.26. The number of carbonyl (C=O) groups excluding carboxylic acids is 3. The molecule has 182 valence electrons. The van der Waals surface area contributed by atoms with Crippen LogP contribution in [0.15, 0.2) is 24.3 Å². The Morgan fingerprint density at radius 2 is 2.12 bits per heavy atom. The normalized spacial score (nSPS) is 18.2. The smallest absolute Gasteiger partial charge is 0.223 e. The van der Waals surface area contributed by atoms with Crippen LogP contribution in [0.1, 0.15) is 50.0 Å². The molecule has 1 aliphatic heterocycles. The number of methoxy groups -OCH3 is 1. The molecule has 1 aliphatic rings. The van der Waals surface area contributed by atoms with E-state index in [4.69, 9.17) is 10.5 Å². The monoisotopic (exact) mass is 467 g/mol. The zero-order valence-electron chi connectivity index (χ0n) is 19.9. The van der Waals surface area contributed by atoms with E-state index in [1.165, 1.54) is 0 Å². The number of hydrogen-bond donors (Lipinski definition) is 4. The number of nitrogens with zero attached hydrogens (tertiary/aromatic N) is 1. The van der Waals surface area contributed by atoms with Gasteiger partial charge in [0.2, 0.25) is 11.8 Å². The largest absolute Gasteiger partial charge is 0.496 e. The van der Waals surface area contributed by atoms with E-state index in [9.17, 15) is 19.6 Å². The number of nitrogens with two attached hydrogens (primary N) is 1. The van der Waals surface area contributed by atoms with Gasteiger partial charge >= 0.3 is 0 Å². The van der Waals surface area contributed by atoms with Crippen molar-refractivity contribution in [2.75, 3.05) is 13.7 Å². The summed E-state index contributed by atoms with van der Waals surface area (Å²) in [4.78, 5) is 41.5. The van der Waals surface area contributed by atoms with Gasteiger partial charge in [-0.2, -0.15) is 5.26 Å². The summed E-state index contributed by atoms with van der Waals surface area (Å²) in [6.45, 7) is 4.55. The highest BCUT2D eigenvalue weighted by atomic mass is 16.5. The number of rotatable bonds is 11. The van der Waals surface area contributed by atoms with Crippen LogP contribution in [0.4, 0.5) is 0 Å². The number of amides is 2. The van der Waals surface area contributed by atoms with Gasteiger partial charge in [-0.05, 0) is 43.4 Å². The molecule has 0 bridgehead atoms. The Labute approximate surface area is 199 Å². The van der Waals surface area contributed by atoms with Gasteiger partial charge in [-0.15, -0.1) is 0 Å². The molecule has 3 rings (SSSR count). The highest BCUT2D eigenvalue weighted by molar-refractivity contribution is 6.02. The van der Waals surface area contributed by atoms with Crippen LogP contribution in [0, 0.1) is 29.1 Å². The molecule has 4 unspecified atom stereocenters. The van der Waals surface area contributed by atoms with Crippen LogP contribution in [0.3, 0.4) is 0 Å². The summed E-state index contributed by atoms with van der Waals surface area (Å²) in [6, 6.07) is 7.62. The van der Waals surface area contributed by atoms with Crippen LogP contribution >= 0.6 is 0 Å². The number of benzene rings is 1. The first-order valence-corrected chi connectivity index (χ1v) is 11.7. The predicted octanol–water partition coefficient (Wildman–Crippen LogP) is 2.27. The highest BCUT2D eigenvalue weighted by Gasteiger charge is 2.33. The Bertz CT molecular complexity index is 1090. The Hall–Kier alpha value is -3.38. The summed E-state index contributed by atoms with van der Waals surface area (Å²) >= 11 is 0. The molecule has 34 heavy (non-hydrogen) atoms. The van der Waals surface area contributed by atoms with E-state index < -0.39 is 18.0 Å². The molecule has 2 heterocycles. The standard InChI is InChI=1S/C25H33N5O4/c1-14(2)9-16(11-22(31)21-12-17-19(29-21)5-4-6-23(17)34-3)25(33)30-20(18(27)13-26)10-15-7-8-28-24(15)32/h4-6,12,14-16,18,20,29H,7-11,27H2,1-3H3,(H,28,32)(H,30,33). The van der Waals surface area contributed by atoms with Crippen molar-refractivity contribution in [1.82, 2.24) is 15.6 Å². The fraction of sp³-hybridized carbons (Fsp3) is 0.520. The topological polar surface area (TPSA) is 150 Å². The second-order valence-electron chi connectivity index (χ2n) is 9.34.